The number of anilines is 2. The number of hydrogen-bond acceptors (Lipinski definition) is 6. The third-order valence-electron chi connectivity index (χ3n) is 4.51. The van der Waals surface area contributed by atoms with E-state index < -0.39 is 11.9 Å². The number of benzene rings is 1. The van der Waals surface area contributed by atoms with Crippen LogP contribution in [0.1, 0.15) is 12.5 Å². The quantitative estimate of drug-likeness (QED) is 0.544. The number of carbonyl (C=O) groups is 2. The van der Waals surface area contributed by atoms with Crippen molar-refractivity contribution in [3.05, 3.63) is 42.1 Å². The lowest BCUT2D eigenvalue weighted by Gasteiger charge is -2.21. The van der Waals surface area contributed by atoms with E-state index in [-0.39, 0.29) is 24.0 Å². The van der Waals surface area contributed by atoms with Gasteiger partial charge in [0, 0.05) is 44.5 Å². The number of aromatic amines is 1. The highest BCUT2D eigenvalue weighted by atomic mass is 19.1. The average Bonchev–Trinajstić information content (AvgIpc) is 3.08. The smallest absolute Gasteiger partial charge is 0.247 e. The number of nitrogens with one attached hydrogen (secondary N) is 3. The molecule has 3 rings (SSSR count). The zero-order valence-corrected chi connectivity index (χ0v) is 17.1. The van der Waals surface area contributed by atoms with Crippen LogP contribution in [-0.4, -0.2) is 54.0 Å². The van der Waals surface area contributed by atoms with Gasteiger partial charge >= 0.3 is 0 Å². The van der Waals surface area contributed by atoms with Gasteiger partial charge in [0.05, 0.1) is 7.11 Å². The van der Waals surface area contributed by atoms with Crippen molar-refractivity contribution < 1.29 is 18.7 Å². The van der Waals surface area contributed by atoms with Crippen LogP contribution in [0, 0.1) is 5.82 Å². The number of ether oxygens (including phenoxy) is 1. The molecule has 0 aliphatic heterocycles. The number of rotatable bonds is 7. The van der Waals surface area contributed by atoms with E-state index in [4.69, 9.17) is 4.74 Å². The van der Waals surface area contributed by atoms with Gasteiger partial charge in [-0.1, -0.05) is 0 Å². The molecule has 3 N–H and O–H groups in total. The van der Waals surface area contributed by atoms with Gasteiger partial charge in [0.15, 0.2) is 5.82 Å². The van der Waals surface area contributed by atoms with Crippen molar-refractivity contribution in [3.63, 3.8) is 0 Å². The van der Waals surface area contributed by atoms with E-state index in [9.17, 15) is 14.0 Å². The lowest BCUT2D eigenvalue weighted by Crippen LogP contribution is -2.44. The van der Waals surface area contributed by atoms with Crippen molar-refractivity contribution >= 4 is 34.2 Å². The molecule has 2 amide bonds. The van der Waals surface area contributed by atoms with Crippen LogP contribution in [0.15, 0.2) is 30.7 Å². The third-order valence-corrected chi connectivity index (χ3v) is 4.51. The fraction of sp³-hybridized carbons (Fsp3) is 0.300. The normalized spacial score (nSPS) is 11.8. The molecule has 9 nitrogen and oxygen atoms in total. The van der Waals surface area contributed by atoms with Crippen molar-refractivity contribution in [2.75, 3.05) is 31.4 Å². The Morgan fingerprint density at radius 1 is 1.30 bits per heavy atom. The molecule has 158 valence electrons. The number of amides is 2. The van der Waals surface area contributed by atoms with Crippen LogP contribution >= 0.6 is 0 Å². The molecule has 1 aromatic carbocycles. The highest BCUT2D eigenvalue weighted by Gasteiger charge is 2.25. The monoisotopic (exact) mass is 414 g/mol. The third kappa shape index (κ3) is 4.48. The number of H-pyrrole nitrogens is 1. The van der Waals surface area contributed by atoms with Gasteiger partial charge in [0.25, 0.3) is 0 Å². The summed E-state index contributed by atoms with van der Waals surface area (Å²) in [6.07, 6.45) is 3.23. The Bertz CT molecular complexity index is 1080. The predicted molar refractivity (Wildman–Crippen MR) is 111 cm³/mol. The van der Waals surface area contributed by atoms with E-state index >= 15 is 0 Å². The maximum atomic E-state index is 13.5. The van der Waals surface area contributed by atoms with E-state index in [2.05, 4.69) is 25.6 Å². The molecule has 0 saturated heterocycles. The molecule has 2 heterocycles. The first-order chi connectivity index (χ1) is 14.3. The SMILES string of the molecule is COc1ncnc(N(C)C)c1NC(=O)C(Cc1c[nH]c2cc(F)ccc12)NC(C)=O. The molecule has 30 heavy (non-hydrogen) atoms. The number of carbonyl (C=O) groups excluding carboxylic acids is 2. The summed E-state index contributed by atoms with van der Waals surface area (Å²) >= 11 is 0. The molecule has 3 aromatic rings. The number of methoxy groups -OCH3 is 1. The summed E-state index contributed by atoms with van der Waals surface area (Å²) in [4.78, 5) is 37.7. The molecule has 0 aliphatic rings. The Labute approximate surface area is 172 Å². The summed E-state index contributed by atoms with van der Waals surface area (Å²) in [5.41, 5.74) is 1.68. The Hall–Kier alpha value is -3.69. The second kappa shape index (κ2) is 8.76. The second-order valence-corrected chi connectivity index (χ2v) is 6.93. The van der Waals surface area contributed by atoms with Crippen molar-refractivity contribution in [1.29, 1.82) is 0 Å². The molecular formula is C20H23FN6O3. The van der Waals surface area contributed by atoms with Crippen molar-refractivity contribution in [2.24, 2.45) is 0 Å². The number of aromatic nitrogens is 3. The molecule has 0 spiro atoms. The lowest BCUT2D eigenvalue weighted by atomic mass is 10.0. The van der Waals surface area contributed by atoms with Crippen molar-refractivity contribution in [1.82, 2.24) is 20.3 Å². The summed E-state index contributed by atoms with van der Waals surface area (Å²) in [5.74, 6) is -0.520. The van der Waals surface area contributed by atoms with Gasteiger partial charge in [-0.05, 0) is 23.8 Å². The molecule has 1 unspecified atom stereocenters. The summed E-state index contributed by atoms with van der Waals surface area (Å²) in [7, 11) is 4.98. The molecule has 0 fully saturated rings. The standard InChI is InChI=1S/C20H23FN6O3/c1-11(28)25-16(7-12-9-22-15-8-13(21)5-6-14(12)15)19(29)26-17-18(27(2)3)23-10-24-20(17)30-4/h5-6,8-10,16,22H,7H2,1-4H3,(H,25,28)(H,26,29). The van der Waals surface area contributed by atoms with Crippen LogP contribution in [0.4, 0.5) is 15.9 Å². The number of fused-ring (bicyclic) bond motifs is 1. The Morgan fingerprint density at radius 3 is 2.73 bits per heavy atom. The van der Waals surface area contributed by atoms with E-state index in [1.807, 2.05) is 0 Å². The van der Waals surface area contributed by atoms with Crippen LogP contribution < -0.4 is 20.3 Å². The Kier molecular flexibility index (Phi) is 6.14. The first kappa shape index (κ1) is 21.0. The maximum absolute atomic E-state index is 13.5. The summed E-state index contributed by atoms with van der Waals surface area (Å²) in [6.45, 7) is 1.34. The number of hydrogen-bond donors (Lipinski definition) is 3. The molecule has 2 aromatic heterocycles. The van der Waals surface area contributed by atoms with Gasteiger partial charge in [0.1, 0.15) is 23.9 Å². The molecule has 0 aliphatic carbocycles. The molecule has 0 saturated carbocycles. The summed E-state index contributed by atoms with van der Waals surface area (Å²) in [6, 6.07) is 3.48. The predicted octanol–water partition coefficient (Wildman–Crippen LogP) is 1.86. The molecule has 1 atom stereocenters. The molecule has 0 bridgehead atoms. The first-order valence-electron chi connectivity index (χ1n) is 9.20. The van der Waals surface area contributed by atoms with Crippen LogP contribution in [0.5, 0.6) is 5.88 Å². The van der Waals surface area contributed by atoms with Crippen LogP contribution in [0.3, 0.4) is 0 Å². The fourth-order valence-electron chi connectivity index (χ4n) is 3.18. The zero-order valence-electron chi connectivity index (χ0n) is 17.1. The number of nitrogens with zero attached hydrogens (tertiary/aromatic N) is 3. The largest absolute Gasteiger partial charge is 0.479 e. The molecular weight excluding hydrogens is 391 g/mol. The van der Waals surface area contributed by atoms with Crippen molar-refractivity contribution in [2.45, 2.75) is 19.4 Å². The van der Waals surface area contributed by atoms with E-state index in [0.29, 0.717) is 17.0 Å². The number of halogens is 1. The van der Waals surface area contributed by atoms with E-state index in [1.54, 1.807) is 31.3 Å². The van der Waals surface area contributed by atoms with E-state index in [1.165, 1.54) is 32.5 Å². The van der Waals surface area contributed by atoms with Crippen LogP contribution in [0.2, 0.25) is 0 Å². The minimum Gasteiger partial charge on any atom is -0.479 e. The van der Waals surface area contributed by atoms with Crippen LogP contribution in [0.25, 0.3) is 10.9 Å². The molecule has 10 heteroatoms. The van der Waals surface area contributed by atoms with Gasteiger partial charge in [-0.3, -0.25) is 9.59 Å². The highest BCUT2D eigenvalue weighted by molar-refractivity contribution is 6.00. The second-order valence-electron chi connectivity index (χ2n) is 6.93. The topological polar surface area (TPSA) is 112 Å². The minimum absolute atomic E-state index is 0.199. The van der Waals surface area contributed by atoms with Gasteiger partial charge < -0.3 is 25.3 Å². The summed E-state index contributed by atoms with van der Waals surface area (Å²) in [5, 5.41) is 6.21. The maximum Gasteiger partial charge on any atom is 0.247 e. The first-order valence-corrected chi connectivity index (χ1v) is 9.20. The minimum atomic E-state index is -0.883. The Balaban J connectivity index is 1.91. The van der Waals surface area contributed by atoms with Gasteiger partial charge in [0.2, 0.25) is 17.7 Å². The lowest BCUT2D eigenvalue weighted by molar-refractivity contribution is -0.125. The molecule has 0 radical (unpaired) electrons. The van der Waals surface area contributed by atoms with Crippen LogP contribution in [-0.2, 0) is 16.0 Å². The van der Waals surface area contributed by atoms with Gasteiger partial charge in [-0.15, -0.1) is 0 Å². The van der Waals surface area contributed by atoms with Crippen molar-refractivity contribution in [3.8, 4) is 5.88 Å². The zero-order chi connectivity index (χ0) is 21.8. The Morgan fingerprint density at radius 2 is 2.07 bits per heavy atom. The van der Waals surface area contributed by atoms with E-state index in [0.717, 1.165) is 10.9 Å². The highest BCUT2D eigenvalue weighted by Crippen LogP contribution is 2.30. The fourth-order valence-corrected chi connectivity index (χ4v) is 3.18. The van der Waals surface area contributed by atoms with Gasteiger partial charge in [-0.25, -0.2) is 9.37 Å². The average molecular weight is 414 g/mol. The summed E-state index contributed by atoms with van der Waals surface area (Å²) < 4.78 is 18.7. The van der Waals surface area contributed by atoms with Gasteiger partial charge in [-0.2, -0.15) is 4.98 Å².